The number of hydrogen-bond donors (Lipinski definition) is 0. The Balaban J connectivity index is 1.65. The molecule has 0 aromatic heterocycles. The Bertz CT molecular complexity index is 1400. The smallest absolute Gasteiger partial charge is 0.410 e. The van der Waals surface area contributed by atoms with E-state index in [2.05, 4.69) is 60.2 Å². The first-order valence-electron chi connectivity index (χ1n) is 14.6. The van der Waals surface area contributed by atoms with Gasteiger partial charge in [0.05, 0.1) is 21.3 Å². The second-order valence-corrected chi connectivity index (χ2v) is 12.6. The van der Waals surface area contributed by atoms with Crippen LogP contribution in [0.15, 0.2) is 76.4 Å². The molecule has 1 heterocycles. The van der Waals surface area contributed by atoms with Crippen LogP contribution in [0.25, 0.3) is 5.57 Å². The average molecular weight is 605 g/mol. The van der Waals surface area contributed by atoms with Crippen molar-refractivity contribution >= 4 is 29.1 Å². The van der Waals surface area contributed by atoms with Crippen LogP contribution in [0.4, 0.5) is 10.5 Å². The third-order valence-corrected chi connectivity index (χ3v) is 8.36. The molecule has 1 amide bonds. The number of likely N-dealkylation sites (tertiary alicyclic amines) is 1. The highest BCUT2D eigenvalue weighted by Crippen LogP contribution is 2.41. The summed E-state index contributed by atoms with van der Waals surface area (Å²) in [5.41, 5.74) is 8.25. The van der Waals surface area contributed by atoms with E-state index in [4.69, 9.17) is 18.9 Å². The zero-order valence-corrected chi connectivity index (χ0v) is 27.5. The number of amides is 1. The summed E-state index contributed by atoms with van der Waals surface area (Å²) in [6.45, 7) is 9.80. The van der Waals surface area contributed by atoms with Crippen molar-refractivity contribution in [1.82, 2.24) is 4.90 Å². The van der Waals surface area contributed by atoms with Crippen molar-refractivity contribution < 1.29 is 23.7 Å². The fraction of sp³-hybridized carbons (Fsp3) is 0.429. The second-order valence-electron chi connectivity index (χ2n) is 11.7. The summed E-state index contributed by atoms with van der Waals surface area (Å²) < 4.78 is 22.5. The van der Waals surface area contributed by atoms with E-state index in [1.165, 1.54) is 4.90 Å². The van der Waals surface area contributed by atoms with Gasteiger partial charge in [0.2, 0.25) is 5.75 Å². The van der Waals surface area contributed by atoms with Crippen molar-refractivity contribution in [2.45, 2.75) is 57.1 Å². The Morgan fingerprint density at radius 3 is 2.19 bits per heavy atom. The number of anilines is 1. The molecule has 2 aliphatic rings. The molecule has 0 atom stereocenters. The van der Waals surface area contributed by atoms with Crippen LogP contribution >= 0.6 is 11.8 Å². The summed E-state index contributed by atoms with van der Waals surface area (Å²) in [7, 11) is 4.87. The van der Waals surface area contributed by atoms with Gasteiger partial charge >= 0.3 is 6.09 Å². The van der Waals surface area contributed by atoms with Gasteiger partial charge in [-0.05, 0) is 124 Å². The molecule has 1 aliphatic heterocycles. The van der Waals surface area contributed by atoms with Gasteiger partial charge in [-0.3, -0.25) is 0 Å². The highest BCUT2D eigenvalue weighted by atomic mass is 32.2. The van der Waals surface area contributed by atoms with E-state index in [0.717, 1.165) is 40.8 Å². The number of ether oxygens (including phenoxy) is 4. The first-order chi connectivity index (χ1) is 20.6. The van der Waals surface area contributed by atoms with Gasteiger partial charge in [-0.1, -0.05) is 0 Å². The minimum Gasteiger partial charge on any atom is -0.493 e. The van der Waals surface area contributed by atoms with Gasteiger partial charge in [-0.15, -0.1) is 17.5 Å². The molecule has 8 heteroatoms. The summed E-state index contributed by atoms with van der Waals surface area (Å²) >= 11 is 1.73. The van der Waals surface area contributed by atoms with Crippen molar-refractivity contribution in [2.75, 3.05) is 52.1 Å². The molecule has 0 bridgehead atoms. The first-order valence-corrected chi connectivity index (χ1v) is 15.8. The van der Waals surface area contributed by atoms with E-state index < -0.39 is 5.60 Å². The van der Waals surface area contributed by atoms with Crippen molar-refractivity contribution in [3.05, 3.63) is 77.1 Å². The van der Waals surface area contributed by atoms with E-state index in [-0.39, 0.29) is 12.1 Å². The molecule has 0 N–H and O–H groups in total. The van der Waals surface area contributed by atoms with Gasteiger partial charge in [0.1, 0.15) is 5.60 Å². The minimum absolute atomic E-state index is 0.238. The molecule has 2 aromatic carbocycles. The standard InChI is InChI=1S/C35H44N2O5S/c1-24-10-9-11-25(20-30(24)26-21-31(39-5)33(41-7)32(22-26)40-6)23-37(27-12-14-29(43-8)15-13-27)28-16-18-36(19-17-28)34(38)42-35(2,3)4/h9,11-15,20-22,28H,16-19,23H2,1-8H3. The number of methoxy groups -OCH3 is 3. The minimum atomic E-state index is -0.507. The number of benzene rings is 2. The van der Waals surface area contributed by atoms with Gasteiger partial charge in [0, 0.05) is 36.3 Å². The largest absolute Gasteiger partial charge is 0.493 e. The fourth-order valence-corrected chi connectivity index (χ4v) is 5.82. The lowest BCUT2D eigenvalue weighted by Gasteiger charge is -2.40. The van der Waals surface area contributed by atoms with Crippen LogP contribution in [0.5, 0.6) is 17.2 Å². The Morgan fingerprint density at radius 2 is 1.65 bits per heavy atom. The highest BCUT2D eigenvalue weighted by molar-refractivity contribution is 7.98. The zero-order chi connectivity index (χ0) is 31.1. The Hall–Kier alpha value is -3.74. The Morgan fingerprint density at radius 1 is 1.02 bits per heavy atom. The summed E-state index contributed by atoms with van der Waals surface area (Å²) in [6, 6.07) is 13.0. The van der Waals surface area contributed by atoms with Crippen LogP contribution in [-0.2, 0) is 4.74 Å². The molecule has 0 radical (unpaired) electrons. The quantitative estimate of drug-likeness (QED) is 0.214. The number of carbonyl (C=O) groups excluding carboxylic acids is 1. The molecule has 2 aromatic rings. The van der Waals surface area contributed by atoms with E-state index in [1.807, 2.05) is 43.9 Å². The number of allylic oxidation sites excluding steroid dienone is 3. The monoisotopic (exact) mass is 604 g/mol. The van der Waals surface area contributed by atoms with Crippen LogP contribution in [-0.4, -0.2) is 69.9 Å². The van der Waals surface area contributed by atoms with Crippen molar-refractivity contribution in [2.24, 2.45) is 0 Å². The third kappa shape index (κ3) is 8.01. The van der Waals surface area contributed by atoms with Gasteiger partial charge in [0.15, 0.2) is 11.5 Å². The molecule has 1 saturated heterocycles. The topological polar surface area (TPSA) is 60.5 Å². The van der Waals surface area contributed by atoms with Gasteiger partial charge in [-0.25, -0.2) is 4.79 Å². The number of piperidine rings is 1. The van der Waals surface area contributed by atoms with Crippen LogP contribution in [0.3, 0.4) is 0 Å². The molecule has 4 rings (SSSR count). The Labute approximate surface area is 260 Å². The van der Waals surface area contributed by atoms with Gasteiger partial charge in [-0.2, -0.15) is 0 Å². The molecular formula is C35H44N2O5S. The number of rotatable bonds is 9. The fourth-order valence-electron chi connectivity index (χ4n) is 5.42. The predicted octanol–water partition coefficient (Wildman–Crippen LogP) is 7.77. The molecule has 43 heavy (non-hydrogen) atoms. The molecule has 0 saturated carbocycles. The summed E-state index contributed by atoms with van der Waals surface area (Å²) in [5, 5.41) is 0. The van der Waals surface area contributed by atoms with Crippen molar-refractivity contribution in [3.8, 4) is 17.2 Å². The van der Waals surface area contributed by atoms with E-state index >= 15 is 0 Å². The number of nitrogens with zero attached hydrogens (tertiary/aromatic N) is 2. The van der Waals surface area contributed by atoms with Gasteiger partial charge in [0.25, 0.3) is 0 Å². The first kappa shape index (κ1) is 32.2. The van der Waals surface area contributed by atoms with Crippen LogP contribution < -0.4 is 19.1 Å². The average Bonchev–Trinajstić information content (AvgIpc) is 3.19. The lowest BCUT2D eigenvalue weighted by Crippen LogP contribution is -2.48. The van der Waals surface area contributed by atoms with Crippen molar-refractivity contribution in [3.63, 3.8) is 0 Å². The molecule has 1 aliphatic carbocycles. The SMILES string of the molecule is COc1cc(C2=CC(CN(c3ccc(SC)cc3)C3CCN(C(=O)OC(C)(C)C)CC3)=CC=C=C2C)cc(OC)c1OC. The molecule has 0 unspecified atom stereocenters. The van der Waals surface area contributed by atoms with E-state index in [9.17, 15) is 4.79 Å². The molecule has 230 valence electrons. The maximum atomic E-state index is 12.8. The molecule has 7 nitrogen and oxygen atoms in total. The molecular weight excluding hydrogens is 560 g/mol. The van der Waals surface area contributed by atoms with Gasteiger partial charge < -0.3 is 28.7 Å². The van der Waals surface area contributed by atoms with Crippen LogP contribution in [0.2, 0.25) is 0 Å². The third-order valence-electron chi connectivity index (χ3n) is 7.62. The highest BCUT2D eigenvalue weighted by Gasteiger charge is 2.30. The number of carbonyl (C=O) groups is 1. The van der Waals surface area contributed by atoms with Crippen LogP contribution in [0, 0.1) is 0 Å². The van der Waals surface area contributed by atoms with Crippen LogP contribution in [0.1, 0.15) is 46.1 Å². The summed E-state index contributed by atoms with van der Waals surface area (Å²) in [6.07, 6.45) is 9.91. The predicted molar refractivity (Wildman–Crippen MR) is 176 cm³/mol. The van der Waals surface area contributed by atoms with E-state index in [0.29, 0.717) is 36.9 Å². The maximum absolute atomic E-state index is 12.8. The maximum Gasteiger partial charge on any atom is 0.410 e. The Kier molecular flexibility index (Phi) is 10.6. The zero-order valence-electron chi connectivity index (χ0n) is 26.7. The van der Waals surface area contributed by atoms with E-state index in [1.54, 1.807) is 33.1 Å². The number of thioether (sulfide) groups is 1. The normalized spacial score (nSPS) is 15.6. The summed E-state index contributed by atoms with van der Waals surface area (Å²) in [5.74, 6) is 1.78. The molecule has 1 fully saturated rings. The second kappa shape index (κ2) is 14.2. The molecule has 0 spiro atoms. The van der Waals surface area contributed by atoms with Crippen molar-refractivity contribution in [1.29, 1.82) is 0 Å². The summed E-state index contributed by atoms with van der Waals surface area (Å²) in [4.78, 5) is 18.3. The lowest BCUT2D eigenvalue weighted by atomic mass is 9.96. The number of hydrogen-bond acceptors (Lipinski definition) is 7. The lowest BCUT2D eigenvalue weighted by molar-refractivity contribution is 0.0205.